The lowest BCUT2D eigenvalue weighted by molar-refractivity contribution is -0.122. The second-order valence-electron chi connectivity index (χ2n) is 5.81. The van der Waals surface area contributed by atoms with Crippen molar-refractivity contribution in [1.29, 1.82) is 0 Å². The topological polar surface area (TPSA) is 104 Å². The number of carbonyl (C=O) groups excluding carboxylic acids is 1. The highest BCUT2D eigenvalue weighted by Gasteiger charge is 2.10. The van der Waals surface area contributed by atoms with E-state index in [1.807, 2.05) is 36.4 Å². The van der Waals surface area contributed by atoms with E-state index in [0.717, 1.165) is 11.1 Å². The number of aromatic nitrogens is 4. The third-order valence-electron chi connectivity index (χ3n) is 3.92. The number of ether oxygens (including phenoxy) is 2. The Bertz CT molecular complexity index is 984. The molecule has 1 N–H and O–H groups in total. The highest BCUT2D eigenvalue weighted by Crippen LogP contribution is 2.27. The van der Waals surface area contributed by atoms with Crippen LogP contribution in [0.5, 0.6) is 11.5 Å². The van der Waals surface area contributed by atoms with Gasteiger partial charge in [-0.05, 0) is 30.3 Å². The normalized spacial score (nSPS) is 11.2. The number of rotatable bonds is 7. The van der Waals surface area contributed by atoms with Gasteiger partial charge in [-0.2, -0.15) is 9.90 Å². The molecule has 0 saturated heterocycles. The van der Waals surface area contributed by atoms with Crippen LogP contribution in [-0.4, -0.2) is 46.0 Å². The zero-order valence-electron chi connectivity index (χ0n) is 15.8. The monoisotopic (exact) mass is 380 g/mol. The van der Waals surface area contributed by atoms with Gasteiger partial charge in [-0.15, -0.1) is 10.2 Å². The summed E-state index contributed by atoms with van der Waals surface area (Å²) < 4.78 is 10.5. The molecule has 9 heteroatoms. The zero-order chi connectivity index (χ0) is 19.9. The standard InChI is InChI=1S/C19H20N6O3/c1-13(15-9-10-16(27-2)17(11-15)28-3)20-21-18(26)12-25-23-19(22-24-25)14-7-5-4-6-8-14/h4-11H,12H2,1-3H3,(H,21,26)/b20-13-. The van der Waals surface area contributed by atoms with Crippen LogP contribution < -0.4 is 14.9 Å². The average Bonchev–Trinajstić information content (AvgIpc) is 3.20. The smallest absolute Gasteiger partial charge is 0.263 e. The Labute approximate surface area is 162 Å². The van der Waals surface area contributed by atoms with Gasteiger partial charge in [-0.1, -0.05) is 30.3 Å². The van der Waals surface area contributed by atoms with Gasteiger partial charge in [0, 0.05) is 11.1 Å². The molecule has 0 aliphatic heterocycles. The minimum atomic E-state index is -0.364. The fourth-order valence-electron chi connectivity index (χ4n) is 2.45. The molecule has 0 fully saturated rings. The summed E-state index contributed by atoms with van der Waals surface area (Å²) in [5.41, 5.74) is 4.73. The van der Waals surface area contributed by atoms with Gasteiger partial charge in [-0.3, -0.25) is 4.79 Å². The molecule has 1 aromatic heterocycles. The molecule has 28 heavy (non-hydrogen) atoms. The van der Waals surface area contributed by atoms with Gasteiger partial charge in [0.2, 0.25) is 5.82 Å². The molecule has 3 rings (SSSR count). The number of hydrogen-bond acceptors (Lipinski definition) is 7. The molecule has 2 aromatic carbocycles. The first-order valence-corrected chi connectivity index (χ1v) is 8.49. The van der Waals surface area contributed by atoms with E-state index in [4.69, 9.17) is 9.47 Å². The first-order chi connectivity index (χ1) is 13.6. The predicted molar refractivity (Wildman–Crippen MR) is 103 cm³/mol. The Balaban J connectivity index is 1.63. The molecular weight excluding hydrogens is 360 g/mol. The van der Waals surface area contributed by atoms with Crippen molar-refractivity contribution in [2.45, 2.75) is 13.5 Å². The van der Waals surface area contributed by atoms with E-state index in [1.165, 1.54) is 4.80 Å². The molecule has 1 heterocycles. The summed E-state index contributed by atoms with van der Waals surface area (Å²) in [7, 11) is 3.13. The summed E-state index contributed by atoms with van der Waals surface area (Å²) in [5, 5.41) is 16.2. The minimum absolute atomic E-state index is 0.0947. The van der Waals surface area contributed by atoms with Crippen molar-refractivity contribution in [2.24, 2.45) is 5.10 Å². The fourth-order valence-corrected chi connectivity index (χ4v) is 2.45. The molecule has 0 unspecified atom stereocenters. The fraction of sp³-hybridized carbons (Fsp3) is 0.211. The molecular formula is C19H20N6O3. The van der Waals surface area contributed by atoms with E-state index in [9.17, 15) is 4.79 Å². The third kappa shape index (κ3) is 4.50. The van der Waals surface area contributed by atoms with Gasteiger partial charge in [0.15, 0.2) is 11.5 Å². The first kappa shape index (κ1) is 19.0. The van der Waals surface area contributed by atoms with Crippen molar-refractivity contribution in [3.05, 3.63) is 54.1 Å². The lowest BCUT2D eigenvalue weighted by Crippen LogP contribution is -2.25. The second-order valence-corrected chi connectivity index (χ2v) is 5.81. The van der Waals surface area contributed by atoms with Crippen molar-refractivity contribution in [2.75, 3.05) is 14.2 Å². The van der Waals surface area contributed by atoms with Crippen LogP contribution in [0.3, 0.4) is 0 Å². The Morgan fingerprint density at radius 1 is 1.11 bits per heavy atom. The van der Waals surface area contributed by atoms with Crippen molar-refractivity contribution in [3.8, 4) is 22.9 Å². The van der Waals surface area contributed by atoms with Crippen LogP contribution in [0.15, 0.2) is 53.6 Å². The van der Waals surface area contributed by atoms with Crippen molar-refractivity contribution in [3.63, 3.8) is 0 Å². The number of benzene rings is 2. The van der Waals surface area contributed by atoms with E-state index in [2.05, 4.69) is 25.9 Å². The molecule has 0 aliphatic rings. The van der Waals surface area contributed by atoms with Crippen LogP contribution in [0, 0.1) is 0 Å². The van der Waals surface area contributed by atoms with E-state index in [0.29, 0.717) is 23.0 Å². The zero-order valence-corrected chi connectivity index (χ0v) is 15.8. The van der Waals surface area contributed by atoms with Gasteiger partial charge in [0.1, 0.15) is 6.54 Å². The number of carbonyl (C=O) groups is 1. The van der Waals surface area contributed by atoms with Crippen LogP contribution in [0.25, 0.3) is 11.4 Å². The highest BCUT2D eigenvalue weighted by atomic mass is 16.5. The first-order valence-electron chi connectivity index (χ1n) is 8.49. The van der Waals surface area contributed by atoms with Gasteiger partial charge in [0.05, 0.1) is 19.9 Å². The van der Waals surface area contributed by atoms with E-state index in [-0.39, 0.29) is 12.5 Å². The minimum Gasteiger partial charge on any atom is -0.493 e. The highest BCUT2D eigenvalue weighted by molar-refractivity contribution is 5.99. The van der Waals surface area contributed by atoms with Crippen LogP contribution in [0.2, 0.25) is 0 Å². The molecule has 0 atom stereocenters. The third-order valence-corrected chi connectivity index (χ3v) is 3.92. The largest absolute Gasteiger partial charge is 0.493 e. The van der Waals surface area contributed by atoms with Crippen LogP contribution in [0.4, 0.5) is 0 Å². The number of amides is 1. The maximum Gasteiger partial charge on any atom is 0.263 e. The summed E-state index contributed by atoms with van der Waals surface area (Å²) in [6.45, 7) is 1.69. The van der Waals surface area contributed by atoms with Crippen molar-refractivity contribution < 1.29 is 14.3 Å². The average molecular weight is 380 g/mol. The molecule has 0 aliphatic carbocycles. The molecule has 0 radical (unpaired) electrons. The Kier molecular flexibility index (Phi) is 5.95. The number of tetrazole rings is 1. The SMILES string of the molecule is COc1ccc(/C(C)=N\NC(=O)Cn2nnc(-c3ccccc3)n2)cc1OC. The van der Waals surface area contributed by atoms with Crippen LogP contribution in [-0.2, 0) is 11.3 Å². The molecule has 0 bridgehead atoms. The summed E-state index contributed by atoms with van der Waals surface area (Å²) in [6.07, 6.45) is 0. The molecule has 0 saturated carbocycles. The van der Waals surface area contributed by atoms with E-state index >= 15 is 0 Å². The molecule has 3 aromatic rings. The van der Waals surface area contributed by atoms with Crippen LogP contribution in [0.1, 0.15) is 12.5 Å². The summed E-state index contributed by atoms with van der Waals surface area (Å²) >= 11 is 0. The summed E-state index contributed by atoms with van der Waals surface area (Å²) in [4.78, 5) is 13.3. The predicted octanol–water partition coefficient (Wildman–Crippen LogP) is 1.90. The van der Waals surface area contributed by atoms with Gasteiger partial charge >= 0.3 is 0 Å². The lowest BCUT2D eigenvalue weighted by atomic mass is 10.1. The van der Waals surface area contributed by atoms with Crippen molar-refractivity contribution >= 4 is 11.6 Å². The summed E-state index contributed by atoms with van der Waals surface area (Å²) in [5.74, 6) is 1.30. The van der Waals surface area contributed by atoms with Crippen LogP contribution >= 0.6 is 0 Å². The molecule has 1 amide bonds. The number of methoxy groups -OCH3 is 2. The maximum atomic E-state index is 12.1. The van der Waals surface area contributed by atoms with Gasteiger partial charge < -0.3 is 9.47 Å². The Morgan fingerprint density at radius 2 is 1.86 bits per heavy atom. The van der Waals surface area contributed by atoms with Crippen molar-refractivity contribution in [1.82, 2.24) is 25.6 Å². The quantitative estimate of drug-likeness (QED) is 0.496. The number of hydrazone groups is 1. The van der Waals surface area contributed by atoms with E-state index < -0.39 is 0 Å². The molecule has 0 spiro atoms. The lowest BCUT2D eigenvalue weighted by Gasteiger charge is -2.09. The van der Waals surface area contributed by atoms with Gasteiger partial charge in [-0.25, -0.2) is 5.43 Å². The summed E-state index contributed by atoms with van der Waals surface area (Å²) in [6, 6.07) is 14.8. The second kappa shape index (κ2) is 8.76. The maximum absolute atomic E-state index is 12.1. The van der Waals surface area contributed by atoms with Gasteiger partial charge in [0.25, 0.3) is 5.91 Å². The Hall–Kier alpha value is -3.75. The van der Waals surface area contributed by atoms with E-state index in [1.54, 1.807) is 33.3 Å². The number of nitrogens with zero attached hydrogens (tertiary/aromatic N) is 5. The number of hydrogen-bond donors (Lipinski definition) is 1. The molecule has 144 valence electrons. The Morgan fingerprint density at radius 3 is 2.57 bits per heavy atom. The molecule has 9 nitrogen and oxygen atoms in total. The number of nitrogens with one attached hydrogen (secondary N) is 1.